The van der Waals surface area contributed by atoms with Gasteiger partial charge in [0, 0.05) is 54.3 Å². The number of carboxylic acids is 1. The SMILES string of the molecule is CCO[C@H]1C2CCC1[C@@H](c1ccc(C(=O)O)cc1)N(Cc1c(OC)cc(C)c3[nH]ccc13)C2. The summed E-state index contributed by atoms with van der Waals surface area (Å²) in [7, 11) is 1.74. The highest BCUT2D eigenvalue weighted by molar-refractivity contribution is 5.88. The molecule has 1 aromatic heterocycles. The van der Waals surface area contributed by atoms with Crippen LogP contribution in [0.5, 0.6) is 5.75 Å². The maximum absolute atomic E-state index is 11.4. The monoisotopic (exact) mass is 448 g/mol. The first kappa shape index (κ1) is 22.0. The number of hydrogen-bond donors (Lipinski definition) is 2. The molecule has 2 N–H and O–H groups in total. The molecule has 2 aromatic carbocycles. The van der Waals surface area contributed by atoms with Crippen molar-refractivity contribution >= 4 is 16.9 Å². The Morgan fingerprint density at radius 2 is 2.00 bits per heavy atom. The number of fused-ring (bicyclic) bond motifs is 3. The van der Waals surface area contributed by atoms with Crippen LogP contribution in [0.15, 0.2) is 42.6 Å². The van der Waals surface area contributed by atoms with Crippen molar-refractivity contribution in [1.82, 2.24) is 9.88 Å². The van der Waals surface area contributed by atoms with Crippen molar-refractivity contribution < 1.29 is 19.4 Å². The summed E-state index contributed by atoms with van der Waals surface area (Å²) in [5.74, 6) is 0.924. The number of aromatic nitrogens is 1. The number of nitrogens with one attached hydrogen (secondary N) is 1. The molecule has 6 nitrogen and oxygen atoms in total. The molecule has 4 atom stereocenters. The molecule has 2 fully saturated rings. The average molecular weight is 449 g/mol. The van der Waals surface area contributed by atoms with Gasteiger partial charge in [-0.05, 0) is 68.0 Å². The number of hydrogen-bond acceptors (Lipinski definition) is 4. The third-order valence-electron chi connectivity index (χ3n) is 7.58. The number of H-pyrrole nitrogens is 1. The van der Waals surface area contributed by atoms with Gasteiger partial charge >= 0.3 is 5.97 Å². The Morgan fingerprint density at radius 3 is 2.70 bits per heavy atom. The lowest BCUT2D eigenvalue weighted by Gasteiger charge is -2.45. The van der Waals surface area contributed by atoms with Gasteiger partial charge in [-0.15, -0.1) is 0 Å². The molecule has 174 valence electrons. The fourth-order valence-electron chi connectivity index (χ4n) is 6.18. The number of piperidine rings is 1. The molecule has 6 heteroatoms. The largest absolute Gasteiger partial charge is 0.496 e. The molecule has 1 aliphatic heterocycles. The summed E-state index contributed by atoms with van der Waals surface area (Å²) in [4.78, 5) is 17.4. The van der Waals surface area contributed by atoms with Crippen molar-refractivity contribution in [2.75, 3.05) is 20.3 Å². The number of aryl methyl sites for hydroxylation is 1. The molecule has 1 saturated heterocycles. The van der Waals surface area contributed by atoms with Gasteiger partial charge in [0.2, 0.25) is 0 Å². The Morgan fingerprint density at radius 1 is 1.21 bits per heavy atom. The van der Waals surface area contributed by atoms with Crippen LogP contribution < -0.4 is 4.74 Å². The second-order valence-corrected chi connectivity index (χ2v) is 9.36. The van der Waals surface area contributed by atoms with Gasteiger partial charge in [0.25, 0.3) is 0 Å². The van der Waals surface area contributed by atoms with E-state index in [1.165, 1.54) is 22.9 Å². The number of nitrogens with zero attached hydrogens (tertiary/aromatic N) is 1. The van der Waals surface area contributed by atoms with Crippen LogP contribution in [0.2, 0.25) is 0 Å². The minimum absolute atomic E-state index is 0.170. The van der Waals surface area contributed by atoms with Crippen LogP contribution in [0.25, 0.3) is 10.9 Å². The number of aromatic carboxylic acids is 1. The third kappa shape index (κ3) is 3.81. The van der Waals surface area contributed by atoms with Crippen molar-refractivity contribution in [2.45, 2.75) is 45.4 Å². The summed E-state index contributed by atoms with van der Waals surface area (Å²) in [5, 5.41) is 10.6. The smallest absolute Gasteiger partial charge is 0.335 e. The molecular weight excluding hydrogens is 416 g/mol. The molecule has 0 radical (unpaired) electrons. The van der Waals surface area contributed by atoms with Crippen LogP contribution in [0, 0.1) is 18.8 Å². The number of aromatic amines is 1. The first-order chi connectivity index (χ1) is 16.0. The van der Waals surface area contributed by atoms with Crippen LogP contribution in [-0.2, 0) is 11.3 Å². The van der Waals surface area contributed by atoms with E-state index in [9.17, 15) is 9.90 Å². The second kappa shape index (κ2) is 8.84. The summed E-state index contributed by atoms with van der Waals surface area (Å²) in [6.45, 7) is 6.62. The van der Waals surface area contributed by atoms with E-state index in [0.717, 1.165) is 42.9 Å². The maximum atomic E-state index is 11.4. The highest BCUT2D eigenvalue weighted by Crippen LogP contribution is 2.50. The van der Waals surface area contributed by atoms with Crippen molar-refractivity contribution in [3.05, 3.63) is 64.8 Å². The zero-order valence-corrected chi connectivity index (χ0v) is 19.5. The van der Waals surface area contributed by atoms with Crippen LogP contribution in [0.4, 0.5) is 0 Å². The number of carboxylic acid groups (broad SMARTS) is 1. The van der Waals surface area contributed by atoms with E-state index < -0.39 is 5.97 Å². The normalized spacial score (nSPS) is 24.9. The fraction of sp³-hybridized carbons (Fsp3) is 0.444. The number of methoxy groups -OCH3 is 1. The molecule has 5 rings (SSSR count). The Bertz CT molecular complexity index is 1150. The lowest BCUT2D eigenvalue weighted by atomic mass is 9.82. The summed E-state index contributed by atoms with van der Waals surface area (Å²) < 4.78 is 12.1. The predicted molar refractivity (Wildman–Crippen MR) is 128 cm³/mol. The van der Waals surface area contributed by atoms with Gasteiger partial charge in [-0.25, -0.2) is 4.79 Å². The molecule has 0 spiro atoms. The molecule has 33 heavy (non-hydrogen) atoms. The van der Waals surface area contributed by atoms with E-state index in [1.807, 2.05) is 18.3 Å². The quantitative estimate of drug-likeness (QED) is 0.522. The lowest BCUT2D eigenvalue weighted by molar-refractivity contribution is -0.0679. The number of likely N-dealkylation sites (tertiary alicyclic amines) is 1. The second-order valence-electron chi connectivity index (χ2n) is 9.36. The minimum Gasteiger partial charge on any atom is -0.496 e. The topological polar surface area (TPSA) is 74.8 Å². The molecule has 2 heterocycles. The van der Waals surface area contributed by atoms with Gasteiger partial charge in [0.15, 0.2) is 0 Å². The molecule has 2 unspecified atom stereocenters. The number of benzene rings is 2. The van der Waals surface area contributed by atoms with Crippen LogP contribution in [0.3, 0.4) is 0 Å². The Kier molecular flexibility index (Phi) is 5.89. The summed E-state index contributed by atoms with van der Waals surface area (Å²) in [6, 6.07) is 11.8. The Hall–Kier alpha value is -2.83. The first-order valence-corrected chi connectivity index (χ1v) is 11.8. The number of carbonyl (C=O) groups is 1. The molecule has 2 aliphatic rings. The number of ether oxygens (including phenoxy) is 2. The zero-order chi connectivity index (χ0) is 23.1. The van der Waals surface area contributed by atoms with E-state index >= 15 is 0 Å². The van der Waals surface area contributed by atoms with Crippen LogP contribution in [0.1, 0.15) is 52.9 Å². The van der Waals surface area contributed by atoms with Crippen molar-refractivity contribution in [2.24, 2.45) is 11.8 Å². The van der Waals surface area contributed by atoms with Crippen molar-refractivity contribution in [3.63, 3.8) is 0 Å². The Balaban J connectivity index is 1.56. The molecular formula is C27H32N2O4. The van der Waals surface area contributed by atoms with E-state index in [4.69, 9.17) is 9.47 Å². The van der Waals surface area contributed by atoms with Crippen LogP contribution >= 0.6 is 0 Å². The van der Waals surface area contributed by atoms with Gasteiger partial charge in [-0.1, -0.05) is 12.1 Å². The molecule has 0 amide bonds. The van der Waals surface area contributed by atoms with Crippen molar-refractivity contribution in [1.29, 1.82) is 0 Å². The minimum atomic E-state index is -0.894. The summed E-state index contributed by atoms with van der Waals surface area (Å²) in [5.41, 5.74) is 5.00. The van der Waals surface area contributed by atoms with Gasteiger partial charge < -0.3 is 19.6 Å². The predicted octanol–water partition coefficient (Wildman–Crippen LogP) is 5.17. The molecule has 3 aromatic rings. The van der Waals surface area contributed by atoms with Gasteiger partial charge in [-0.3, -0.25) is 4.90 Å². The number of rotatable bonds is 7. The average Bonchev–Trinajstić information content (AvgIpc) is 3.40. The van der Waals surface area contributed by atoms with Crippen molar-refractivity contribution in [3.8, 4) is 5.75 Å². The molecule has 2 bridgehead atoms. The van der Waals surface area contributed by atoms with E-state index in [1.54, 1.807) is 19.2 Å². The maximum Gasteiger partial charge on any atom is 0.335 e. The van der Waals surface area contributed by atoms with E-state index in [-0.39, 0.29) is 12.1 Å². The van der Waals surface area contributed by atoms with Gasteiger partial charge in [0.05, 0.1) is 18.8 Å². The highest BCUT2D eigenvalue weighted by Gasteiger charge is 2.49. The lowest BCUT2D eigenvalue weighted by Crippen LogP contribution is -2.47. The van der Waals surface area contributed by atoms with Crippen LogP contribution in [-0.4, -0.2) is 47.3 Å². The molecule has 1 saturated carbocycles. The fourth-order valence-corrected chi connectivity index (χ4v) is 6.18. The highest BCUT2D eigenvalue weighted by atomic mass is 16.5. The molecule has 1 aliphatic carbocycles. The first-order valence-electron chi connectivity index (χ1n) is 11.8. The standard InChI is InChI=1S/C27H32N2O4/c1-4-33-26-19-9-10-21(26)25(17-5-7-18(8-6-17)27(30)31)29(14-19)15-22-20-11-12-28-24(20)16(2)13-23(22)32-3/h5-8,11-13,19,21,25-26,28H,4,9-10,14-15H2,1-3H3,(H,30,31)/t19?,21?,25-,26+/m1/s1. The Labute approximate surface area is 194 Å². The summed E-state index contributed by atoms with van der Waals surface area (Å²) >= 11 is 0. The zero-order valence-electron chi connectivity index (χ0n) is 19.5. The van der Waals surface area contributed by atoms with Gasteiger partial charge in [0.1, 0.15) is 5.75 Å². The van der Waals surface area contributed by atoms with E-state index in [0.29, 0.717) is 17.4 Å². The third-order valence-corrected chi connectivity index (χ3v) is 7.58. The van der Waals surface area contributed by atoms with Gasteiger partial charge in [-0.2, -0.15) is 0 Å². The van der Waals surface area contributed by atoms with E-state index in [2.05, 4.69) is 35.9 Å². The summed E-state index contributed by atoms with van der Waals surface area (Å²) in [6.07, 6.45) is 4.54.